The lowest BCUT2D eigenvalue weighted by atomic mass is 10.2. The molecule has 100 valence electrons. The van der Waals surface area contributed by atoms with Crippen LogP contribution in [0.15, 0.2) is 18.2 Å². The zero-order valence-corrected chi connectivity index (χ0v) is 11.7. The van der Waals surface area contributed by atoms with Crippen molar-refractivity contribution >= 4 is 17.5 Å². The van der Waals surface area contributed by atoms with Gasteiger partial charge < -0.3 is 15.4 Å². The molecule has 0 aliphatic carbocycles. The summed E-state index contributed by atoms with van der Waals surface area (Å²) in [4.78, 5) is 13.4. The second-order valence-corrected chi connectivity index (χ2v) is 4.78. The van der Waals surface area contributed by atoms with Crippen LogP contribution in [0.5, 0.6) is 5.75 Å². The third-order valence-electron chi connectivity index (χ3n) is 2.77. The Balaban J connectivity index is 2.68. The van der Waals surface area contributed by atoms with Gasteiger partial charge in [-0.15, -0.1) is 0 Å². The zero-order valence-electron chi connectivity index (χ0n) is 10.9. The van der Waals surface area contributed by atoms with Crippen LogP contribution in [0.25, 0.3) is 0 Å². The molecular weight excluding hydrogens is 252 g/mol. The first kappa shape index (κ1) is 14.8. The highest BCUT2D eigenvalue weighted by Crippen LogP contribution is 2.23. The molecule has 1 aromatic rings. The maximum atomic E-state index is 11.8. The first-order valence-corrected chi connectivity index (χ1v) is 6.20. The van der Waals surface area contributed by atoms with Gasteiger partial charge in [-0.25, -0.2) is 0 Å². The van der Waals surface area contributed by atoms with Gasteiger partial charge in [-0.2, -0.15) is 0 Å². The van der Waals surface area contributed by atoms with Gasteiger partial charge >= 0.3 is 0 Å². The molecule has 0 aromatic heterocycles. The van der Waals surface area contributed by atoms with Crippen LogP contribution in [-0.2, 0) is 11.3 Å². The van der Waals surface area contributed by atoms with Gasteiger partial charge in [0.05, 0.1) is 0 Å². The van der Waals surface area contributed by atoms with E-state index in [1.54, 1.807) is 30.1 Å². The highest BCUT2D eigenvalue weighted by atomic mass is 35.5. The Bertz CT molecular complexity index is 421. The number of ether oxygens (including phenoxy) is 1. The molecule has 1 aromatic carbocycles. The van der Waals surface area contributed by atoms with Crippen LogP contribution < -0.4 is 10.5 Å². The lowest BCUT2D eigenvalue weighted by Crippen LogP contribution is -2.36. The number of likely N-dealkylation sites (N-methyl/N-ethyl adjacent to an activating group) is 1. The van der Waals surface area contributed by atoms with Gasteiger partial charge in [0.2, 0.25) is 0 Å². The lowest BCUT2D eigenvalue weighted by Gasteiger charge is -2.21. The number of hydrogen-bond acceptors (Lipinski definition) is 3. The van der Waals surface area contributed by atoms with Gasteiger partial charge in [-0.05, 0) is 26.0 Å². The minimum atomic E-state index is -0.0760. The highest BCUT2D eigenvalue weighted by molar-refractivity contribution is 6.30. The number of nitrogens with zero attached hydrogens (tertiary/aromatic N) is 1. The molecule has 1 rings (SSSR count). The van der Waals surface area contributed by atoms with Gasteiger partial charge in [-0.1, -0.05) is 17.7 Å². The molecular formula is C13H19ClN2O2. The second kappa shape index (κ2) is 6.61. The van der Waals surface area contributed by atoms with E-state index in [0.29, 0.717) is 17.3 Å². The molecule has 1 amide bonds. The molecule has 0 saturated carbocycles. The molecule has 0 saturated heterocycles. The van der Waals surface area contributed by atoms with Crippen LogP contribution >= 0.6 is 11.6 Å². The predicted octanol–water partition coefficient (Wildman–Crippen LogP) is 2.04. The van der Waals surface area contributed by atoms with Crippen LogP contribution in [0, 0.1) is 0 Å². The molecule has 0 spiro atoms. The molecule has 5 heteroatoms. The van der Waals surface area contributed by atoms with Crippen molar-refractivity contribution in [2.45, 2.75) is 26.4 Å². The minimum absolute atomic E-state index is 0.0119. The van der Waals surface area contributed by atoms with Gasteiger partial charge in [-0.3, -0.25) is 4.79 Å². The topological polar surface area (TPSA) is 55.6 Å². The Morgan fingerprint density at radius 3 is 2.72 bits per heavy atom. The second-order valence-electron chi connectivity index (χ2n) is 4.34. The lowest BCUT2D eigenvalue weighted by molar-refractivity contribution is -0.133. The number of hydrogen-bond donors (Lipinski definition) is 1. The van der Waals surface area contributed by atoms with E-state index < -0.39 is 0 Å². The maximum absolute atomic E-state index is 11.8. The average Bonchev–Trinajstić information content (AvgIpc) is 2.35. The summed E-state index contributed by atoms with van der Waals surface area (Å²) in [5, 5.41) is 0.562. The Morgan fingerprint density at radius 2 is 2.17 bits per heavy atom. The minimum Gasteiger partial charge on any atom is -0.483 e. The highest BCUT2D eigenvalue weighted by Gasteiger charge is 2.13. The van der Waals surface area contributed by atoms with E-state index in [1.165, 1.54) is 0 Å². The fourth-order valence-electron chi connectivity index (χ4n) is 1.36. The van der Waals surface area contributed by atoms with Crippen LogP contribution in [0.1, 0.15) is 19.4 Å². The summed E-state index contributed by atoms with van der Waals surface area (Å²) in [6, 6.07) is 5.37. The van der Waals surface area contributed by atoms with E-state index in [4.69, 9.17) is 22.1 Å². The molecule has 0 unspecified atom stereocenters. The number of amides is 1. The third kappa shape index (κ3) is 3.89. The smallest absolute Gasteiger partial charge is 0.260 e. The van der Waals surface area contributed by atoms with Crippen molar-refractivity contribution in [2.75, 3.05) is 13.7 Å². The summed E-state index contributed by atoms with van der Waals surface area (Å²) in [7, 11) is 1.75. The molecule has 18 heavy (non-hydrogen) atoms. The number of benzene rings is 1. The maximum Gasteiger partial charge on any atom is 0.260 e. The number of halogens is 1. The van der Waals surface area contributed by atoms with Crippen molar-refractivity contribution in [3.05, 3.63) is 28.8 Å². The first-order valence-electron chi connectivity index (χ1n) is 5.82. The fourth-order valence-corrected chi connectivity index (χ4v) is 1.52. The summed E-state index contributed by atoms with van der Waals surface area (Å²) in [5.41, 5.74) is 6.43. The van der Waals surface area contributed by atoms with E-state index in [2.05, 4.69) is 0 Å². The molecule has 0 aliphatic rings. The van der Waals surface area contributed by atoms with E-state index in [1.807, 2.05) is 13.8 Å². The summed E-state index contributed by atoms with van der Waals surface area (Å²) < 4.78 is 5.49. The molecule has 0 heterocycles. The number of nitrogens with two attached hydrogens (primary N) is 1. The van der Waals surface area contributed by atoms with Crippen molar-refractivity contribution in [3.8, 4) is 5.75 Å². The van der Waals surface area contributed by atoms with Crippen LogP contribution in [0.2, 0.25) is 5.02 Å². The standard InChI is InChI=1S/C13H19ClN2O2/c1-9(2)16(3)13(17)8-18-12-6-11(14)5-4-10(12)7-15/h4-6,9H,7-8,15H2,1-3H3. The molecule has 0 aliphatic heterocycles. The summed E-state index contributed by atoms with van der Waals surface area (Å²) >= 11 is 5.89. The Kier molecular flexibility index (Phi) is 5.44. The fraction of sp³-hybridized carbons (Fsp3) is 0.462. The van der Waals surface area contributed by atoms with E-state index >= 15 is 0 Å². The van der Waals surface area contributed by atoms with Crippen molar-refractivity contribution in [1.82, 2.24) is 4.90 Å². The van der Waals surface area contributed by atoms with Gasteiger partial charge in [0.25, 0.3) is 5.91 Å². The summed E-state index contributed by atoms with van der Waals surface area (Å²) in [6.45, 7) is 4.23. The summed E-state index contributed by atoms with van der Waals surface area (Å²) in [6.07, 6.45) is 0. The van der Waals surface area contributed by atoms with Crippen LogP contribution in [0.3, 0.4) is 0 Å². The Labute approximate surface area is 113 Å². The molecule has 0 fully saturated rings. The van der Waals surface area contributed by atoms with E-state index in [9.17, 15) is 4.79 Å². The monoisotopic (exact) mass is 270 g/mol. The van der Waals surface area contributed by atoms with Crippen molar-refractivity contribution in [2.24, 2.45) is 5.73 Å². The van der Waals surface area contributed by atoms with Crippen LogP contribution in [0.4, 0.5) is 0 Å². The van der Waals surface area contributed by atoms with Crippen molar-refractivity contribution in [1.29, 1.82) is 0 Å². The van der Waals surface area contributed by atoms with Crippen molar-refractivity contribution < 1.29 is 9.53 Å². The first-order chi connectivity index (χ1) is 8.45. The Hall–Kier alpha value is -1.26. The third-order valence-corrected chi connectivity index (χ3v) is 3.00. The van der Waals surface area contributed by atoms with Crippen LogP contribution in [-0.4, -0.2) is 30.5 Å². The van der Waals surface area contributed by atoms with Gasteiger partial charge in [0.15, 0.2) is 6.61 Å². The number of carbonyl (C=O) groups excluding carboxylic acids is 1. The quantitative estimate of drug-likeness (QED) is 0.891. The Morgan fingerprint density at radius 1 is 1.50 bits per heavy atom. The molecule has 0 atom stereocenters. The molecule has 0 radical (unpaired) electrons. The number of carbonyl (C=O) groups is 1. The SMILES string of the molecule is CC(C)N(C)C(=O)COc1cc(Cl)ccc1CN. The van der Waals surface area contributed by atoms with E-state index in [-0.39, 0.29) is 18.6 Å². The number of rotatable bonds is 5. The molecule has 0 bridgehead atoms. The predicted molar refractivity (Wildman–Crippen MR) is 72.7 cm³/mol. The normalized spacial score (nSPS) is 10.6. The van der Waals surface area contributed by atoms with Crippen molar-refractivity contribution in [3.63, 3.8) is 0 Å². The largest absolute Gasteiger partial charge is 0.483 e. The molecule has 4 nitrogen and oxygen atoms in total. The van der Waals surface area contributed by atoms with Gasteiger partial charge in [0, 0.05) is 30.2 Å². The molecule has 2 N–H and O–H groups in total. The average molecular weight is 271 g/mol. The summed E-state index contributed by atoms with van der Waals surface area (Å²) in [5.74, 6) is 0.489. The van der Waals surface area contributed by atoms with E-state index in [0.717, 1.165) is 5.56 Å². The zero-order chi connectivity index (χ0) is 13.7. The van der Waals surface area contributed by atoms with Gasteiger partial charge in [0.1, 0.15) is 5.75 Å².